The molecule has 0 saturated carbocycles. The van der Waals surface area contributed by atoms with Gasteiger partial charge in [-0.05, 0) is 44.6 Å². The lowest BCUT2D eigenvalue weighted by Crippen LogP contribution is -2.50. The Labute approximate surface area is 121 Å². The zero-order chi connectivity index (χ0) is 14.5. The number of anilines is 1. The normalized spacial score (nSPS) is 20.4. The smallest absolute Gasteiger partial charge is 0.146 e. The van der Waals surface area contributed by atoms with Crippen molar-refractivity contribution < 1.29 is 4.39 Å². The summed E-state index contributed by atoms with van der Waals surface area (Å²) in [5.41, 5.74) is 1.76. The summed E-state index contributed by atoms with van der Waals surface area (Å²) in [5, 5.41) is 3.31. The van der Waals surface area contributed by atoms with Crippen molar-refractivity contribution in [3.05, 3.63) is 29.6 Å². The molecule has 1 aromatic rings. The minimum Gasteiger partial charge on any atom is -0.364 e. The first-order valence-corrected chi connectivity index (χ1v) is 7.56. The van der Waals surface area contributed by atoms with Gasteiger partial charge in [0.2, 0.25) is 0 Å². The second kappa shape index (κ2) is 7.04. The summed E-state index contributed by atoms with van der Waals surface area (Å²) in [4.78, 5) is 4.47. The lowest BCUT2D eigenvalue weighted by atomic mass is 10.1. The summed E-state index contributed by atoms with van der Waals surface area (Å²) in [6, 6.07) is 5.99. The predicted molar refractivity (Wildman–Crippen MR) is 82.7 cm³/mol. The third-order valence-corrected chi connectivity index (χ3v) is 3.91. The van der Waals surface area contributed by atoms with E-state index in [0.717, 1.165) is 50.4 Å². The van der Waals surface area contributed by atoms with Gasteiger partial charge in [-0.25, -0.2) is 4.39 Å². The van der Waals surface area contributed by atoms with Crippen LogP contribution >= 0.6 is 0 Å². The summed E-state index contributed by atoms with van der Waals surface area (Å²) in [5.74, 6) is -0.0998. The highest BCUT2D eigenvalue weighted by molar-refractivity contribution is 5.50. The topological polar surface area (TPSA) is 18.5 Å². The molecule has 2 rings (SSSR count). The monoisotopic (exact) mass is 279 g/mol. The number of halogens is 1. The van der Waals surface area contributed by atoms with Crippen molar-refractivity contribution in [2.24, 2.45) is 0 Å². The predicted octanol–water partition coefficient (Wildman–Crippen LogP) is 2.47. The van der Waals surface area contributed by atoms with Gasteiger partial charge in [0.1, 0.15) is 5.82 Å². The third kappa shape index (κ3) is 3.70. The minimum atomic E-state index is -0.0998. The number of hydrogen-bond acceptors (Lipinski definition) is 3. The summed E-state index contributed by atoms with van der Waals surface area (Å²) in [7, 11) is 2.12. The van der Waals surface area contributed by atoms with Crippen LogP contribution in [0, 0.1) is 5.82 Å². The maximum Gasteiger partial charge on any atom is 0.146 e. The van der Waals surface area contributed by atoms with Crippen LogP contribution in [0.5, 0.6) is 0 Å². The highest BCUT2D eigenvalue weighted by atomic mass is 19.1. The summed E-state index contributed by atoms with van der Waals surface area (Å²) in [6.45, 7) is 8.87. The van der Waals surface area contributed by atoms with Crippen LogP contribution in [0.25, 0.3) is 0 Å². The maximum absolute atomic E-state index is 14.3. The Balaban J connectivity index is 2.05. The van der Waals surface area contributed by atoms with Crippen molar-refractivity contribution in [3.8, 4) is 0 Å². The van der Waals surface area contributed by atoms with Crippen LogP contribution in [0.4, 0.5) is 10.1 Å². The SMILES string of the molecule is CCCNCc1ccc(N2CCN(C)CC2C)c(F)c1. The fourth-order valence-corrected chi connectivity index (χ4v) is 2.80. The molecule has 0 aliphatic carbocycles. The van der Waals surface area contributed by atoms with Crippen molar-refractivity contribution in [1.29, 1.82) is 0 Å². The Kier molecular flexibility index (Phi) is 5.38. The third-order valence-electron chi connectivity index (χ3n) is 3.91. The number of benzene rings is 1. The zero-order valence-corrected chi connectivity index (χ0v) is 12.8. The quantitative estimate of drug-likeness (QED) is 0.835. The van der Waals surface area contributed by atoms with Crippen LogP contribution in [-0.4, -0.2) is 44.2 Å². The van der Waals surface area contributed by atoms with Gasteiger partial charge in [-0.1, -0.05) is 13.0 Å². The average Bonchev–Trinajstić information content (AvgIpc) is 2.40. The van der Waals surface area contributed by atoms with E-state index in [2.05, 4.69) is 36.0 Å². The molecule has 1 N–H and O–H groups in total. The van der Waals surface area contributed by atoms with Gasteiger partial charge in [-0.15, -0.1) is 0 Å². The average molecular weight is 279 g/mol. The first-order chi connectivity index (χ1) is 9.61. The largest absolute Gasteiger partial charge is 0.364 e. The molecule has 0 amide bonds. The van der Waals surface area contributed by atoms with Crippen molar-refractivity contribution in [1.82, 2.24) is 10.2 Å². The Morgan fingerprint density at radius 2 is 2.15 bits per heavy atom. The fourth-order valence-electron chi connectivity index (χ4n) is 2.80. The van der Waals surface area contributed by atoms with E-state index < -0.39 is 0 Å². The van der Waals surface area contributed by atoms with Crippen LogP contribution in [0.1, 0.15) is 25.8 Å². The van der Waals surface area contributed by atoms with Gasteiger partial charge in [0.05, 0.1) is 5.69 Å². The standard InChI is InChI=1S/C16H26FN3/c1-4-7-18-11-14-5-6-16(15(17)10-14)20-9-8-19(3)12-13(20)2/h5-6,10,13,18H,4,7-9,11-12H2,1-3H3. The van der Waals surface area contributed by atoms with E-state index >= 15 is 0 Å². The summed E-state index contributed by atoms with van der Waals surface area (Å²) in [6.07, 6.45) is 1.10. The van der Waals surface area contributed by atoms with Gasteiger partial charge in [-0.2, -0.15) is 0 Å². The number of hydrogen-bond donors (Lipinski definition) is 1. The molecule has 1 atom stereocenters. The first kappa shape index (κ1) is 15.3. The molecule has 1 saturated heterocycles. The van der Waals surface area contributed by atoms with Gasteiger partial charge in [0, 0.05) is 32.2 Å². The van der Waals surface area contributed by atoms with E-state index in [1.165, 1.54) is 0 Å². The Hall–Kier alpha value is -1.13. The van der Waals surface area contributed by atoms with Gasteiger partial charge in [0.25, 0.3) is 0 Å². The lowest BCUT2D eigenvalue weighted by Gasteiger charge is -2.40. The molecule has 112 valence electrons. The second-order valence-corrected chi connectivity index (χ2v) is 5.77. The van der Waals surface area contributed by atoms with Crippen LogP contribution < -0.4 is 10.2 Å². The Morgan fingerprint density at radius 1 is 1.35 bits per heavy atom. The van der Waals surface area contributed by atoms with Crippen LogP contribution in [-0.2, 0) is 6.54 Å². The summed E-state index contributed by atoms with van der Waals surface area (Å²) >= 11 is 0. The fraction of sp³-hybridized carbons (Fsp3) is 0.625. The Bertz CT molecular complexity index is 436. The van der Waals surface area contributed by atoms with E-state index in [9.17, 15) is 4.39 Å². The number of likely N-dealkylation sites (N-methyl/N-ethyl adjacent to an activating group) is 1. The molecular formula is C16H26FN3. The van der Waals surface area contributed by atoms with Crippen LogP contribution in [0.2, 0.25) is 0 Å². The van der Waals surface area contributed by atoms with Crippen molar-refractivity contribution >= 4 is 5.69 Å². The highest BCUT2D eigenvalue weighted by Gasteiger charge is 2.23. The molecule has 4 heteroatoms. The van der Waals surface area contributed by atoms with E-state index in [1.54, 1.807) is 6.07 Å². The first-order valence-electron chi connectivity index (χ1n) is 7.56. The number of nitrogens with one attached hydrogen (secondary N) is 1. The molecular weight excluding hydrogens is 253 g/mol. The number of piperazine rings is 1. The molecule has 1 aliphatic rings. The van der Waals surface area contributed by atoms with Crippen molar-refractivity contribution in [2.75, 3.05) is 38.1 Å². The number of nitrogens with zero attached hydrogens (tertiary/aromatic N) is 2. The van der Waals surface area contributed by atoms with Gasteiger partial charge >= 0.3 is 0 Å². The molecule has 1 aromatic carbocycles. The van der Waals surface area contributed by atoms with Gasteiger partial charge in [0.15, 0.2) is 0 Å². The van der Waals surface area contributed by atoms with Crippen molar-refractivity contribution in [3.63, 3.8) is 0 Å². The van der Waals surface area contributed by atoms with Crippen molar-refractivity contribution in [2.45, 2.75) is 32.9 Å². The molecule has 3 nitrogen and oxygen atoms in total. The minimum absolute atomic E-state index is 0.0998. The van der Waals surface area contributed by atoms with E-state index in [4.69, 9.17) is 0 Å². The van der Waals surface area contributed by atoms with E-state index in [1.807, 2.05) is 12.1 Å². The maximum atomic E-state index is 14.3. The molecule has 20 heavy (non-hydrogen) atoms. The zero-order valence-electron chi connectivity index (χ0n) is 12.8. The van der Waals surface area contributed by atoms with Crippen LogP contribution in [0.3, 0.4) is 0 Å². The molecule has 1 fully saturated rings. The molecule has 0 bridgehead atoms. The molecule has 1 heterocycles. The molecule has 0 radical (unpaired) electrons. The van der Waals surface area contributed by atoms with Gasteiger partial charge < -0.3 is 15.1 Å². The molecule has 0 spiro atoms. The second-order valence-electron chi connectivity index (χ2n) is 5.77. The molecule has 1 unspecified atom stereocenters. The summed E-state index contributed by atoms with van der Waals surface area (Å²) < 4.78 is 14.3. The van der Waals surface area contributed by atoms with E-state index in [0.29, 0.717) is 6.04 Å². The van der Waals surface area contributed by atoms with Gasteiger partial charge in [-0.3, -0.25) is 0 Å². The number of rotatable bonds is 5. The van der Waals surface area contributed by atoms with Crippen LogP contribution in [0.15, 0.2) is 18.2 Å². The van der Waals surface area contributed by atoms with E-state index in [-0.39, 0.29) is 5.82 Å². The lowest BCUT2D eigenvalue weighted by molar-refractivity contribution is 0.274. The highest BCUT2D eigenvalue weighted by Crippen LogP contribution is 2.24. The Morgan fingerprint density at radius 3 is 2.80 bits per heavy atom. The molecule has 1 aliphatic heterocycles. The molecule has 0 aromatic heterocycles.